The SMILES string of the molecule is O=C(O)c1ccc(OC(=O)c2ccc(O)cc2O)cc1O. The number of phenolic OH excluding ortho intramolecular Hbond substituents is 2. The quantitative estimate of drug-likeness (QED) is 0.501. The Labute approximate surface area is 118 Å². The van der Waals surface area contributed by atoms with Gasteiger partial charge in [-0.3, -0.25) is 0 Å². The lowest BCUT2D eigenvalue weighted by Gasteiger charge is -2.07. The van der Waals surface area contributed by atoms with Gasteiger partial charge in [-0.15, -0.1) is 0 Å². The van der Waals surface area contributed by atoms with Crippen LogP contribution in [0.1, 0.15) is 20.7 Å². The lowest BCUT2D eigenvalue weighted by molar-refractivity contribution is 0.0693. The molecule has 4 N–H and O–H groups in total. The highest BCUT2D eigenvalue weighted by atomic mass is 16.5. The molecular formula is C14H10O7. The molecule has 0 saturated carbocycles. The van der Waals surface area contributed by atoms with Gasteiger partial charge in [0.15, 0.2) is 0 Å². The Hall–Kier alpha value is -3.22. The Kier molecular flexibility index (Phi) is 3.66. The zero-order valence-corrected chi connectivity index (χ0v) is 10.5. The van der Waals surface area contributed by atoms with E-state index in [1.54, 1.807) is 0 Å². The Morgan fingerprint density at radius 1 is 0.857 bits per heavy atom. The summed E-state index contributed by atoms with van der Waals surface area (Å²) in [5.74, 6) is -3.56. The molecule has 0 aliphatic carbocycles. The summed E-state index contributed by atoms with van der Waals surface area (Å²) in [4.78, 5) is 22.5. The molecule has 0 heterocycles. The lowest BCUT2D eigenvalue weighted by Crippen LogP contribution is -2.09. The number of aromatic hydroxyl groups is 3. The van der Waals surface area contributed by atoms with Crippen LogP contribution in [0.2, 0.25) is 0 Å². The maximum Gasteiger partial charge on any atom is 0.347 e. The summed E-state index contributed by atoms with van der Waals surface area (Å²) in [6.45, 7) is 0. The molecule has 0 aliphatic heterocycles. The number of hydrogen-bond acceptors (Lipinski definition) is 6. The monoisotopic (exact) mass is 290 g/mol. The van der Waals surface area contributed by atoms with Gasteiger partial charge < -0.3 is 25.2 Å². The van der Waals surface area contributed by atoms with Gasteiger partial charge in [-0.1, -0.05) is 0 Å². The third-order valence-electron chi connectivity index (χ3n) is 2.61. The molecule has 0 aromatic heterocycles. The highest BCUT2D eigenvalue weighted by Crippen LogP contribution is 2.27. The Morgan fingerprint density at radius 3 is 2.05 bits per heavy atom. The average molecular weight is 290 g/mol. The van der Waals surface area contributed by atoms with Crippen molar-refractivity contribution in [2.75, 3.05) is 0 Å². The van der Waals surface area contributed by atoms with E-state index in [2.05, 4.69) is 0 Å². The number of hydrogen-bond donors (Lipinski definition) is 4. The molecule has 108 valence electrons. The van der Waals surface area contributed by atoms with Crippen LogP contribution in [-0.2, 0) is 0 Å². The van der Waals surface area contributed by atoms with Crippen molar-refractivity contribution in [3.8, 4) is 23.0 Å². The van der Waals surface area contributed by atoms with Crippen LogP contribution < -0.4 is 4.74 Å². The Bertz CT molecular complexity index is 721. The van der Waals surface area contributed by atoms with Crippen molar-refractivity contribution >= 4 is 11.9 Å². The van der Waals surface area contributed by atoms with E-state index in [1.165, 1.54) is 18.2 Å². The molecule has 2 aromatic rings. The van der Waals surface area contributed by atoms with Gasteiger partial charge in [0.1, 0.15) is 34.1 Å². The fourth-order valence-electron chi connectivity index (χ4n) is 1.61. The van der Waals surface area contributed by atoms with Crippen molar-refractivity contribution in [3.05, 3.63) is 47.5 Å². The molecule has 7 heteroatoms. The van der Waals surface area contributed by atoms with Gasteiger partial charge in [-0.2, -0.15) is 0 Å². The maximum atomic E-state index is 11.8. The zero-order chi connectivity index (χ0) is 15.6. The van der Waals surface area contributed by atoms with Crippen LogP contribution in [0.4, 0.5) is 0 Å². The molecule has 21 heavy (non-hydrogen) atoms. The molecule has 0 amide bonds. The van der Waals surface area contributed by atoms with Gasteiger partial charge in [0, 0.05) is 12.1 Å². The summed E-state index contributed by atoms with van der Waals surface area (Å²) in [6.07, 6.45) is 0. The highest BCUT2D eigenvalue weighted by molar-refractivity contribution is 5.94. The summed E-state index contributed by atoms with van der Waals surface area (Å²) >= 11 is 0. The predicted octanol–water partition coefficient (Wildman–Crippen LogP) is 1.72. The molecule has 7 nitrogen and oxygen atoms in total. The van der Waals surface area contributed by atoms with E-state index in [-0.39, 0.29) is 22.6 Å². The van der Waals surface area contributed by atoms with Gasteiger partial charge in [-0.25, -0.2) is 9.59 Å². The molecule has 0 fully saturated rings. The van der Waals surface area contributed by atoms with Crippen molar-refractivity contribution < 1.29 is 34.8 Å². The van der Waals surface area contributed by atoms with E-state index in [4.69, 9.17) is 14.9 Å². The second kappa shape index (κ2) is 5.41. The van der Waals surface area contributed by atoms with Crippen molar-refractivity contribution in [3.63, 3.8) is 0 Å². The number of carbonyl (C=O) groups is 2. The third-order valence-corrected chi connectivity index (χ3v) is 2.61. The van der Waals surface area contributed by atoms with Crippen LogP contribution in [0, 0.1) is 0 Å². The van der Waals surface area contributed by atoms with E-state index in [1.807, 2.05) is 0 Å². The van der Waals surface area contributed by atoms with E-state index in [0.29, 0.717) is 0 Å². The van der Waals surface area contributed by atoms with E-state index in [9.17, 15) is 19.8 Å². The van der Waals surface area contributed by atoms with Crippen molar-refractivity contribution in [2.45, 2.75) is 0 Å². The van der Waals surface area contributed by atoms with Gasteiger partial charge in [-0.05, 0) is 24.3 Å². The third kappa shape index (κ3) is 3.03. The minimum Gasteiger partial charge on any atom is -0.508 e. The Morgan fingerprint density at radius 2 is 1.48 bits per heavy atom. The summed E-state index contributed by atoms with van der Waals surface area (Å²) in [6, 6.07) is 6.58. The summed E-state index contributed by atoms with van der Waals surface area (Å²) in [5.41, 5.74) is -0.517. The number of ether oxygens (including phenoxy) is 1. The molecule has 0 bridgehead atoms. The zero-order valence-electron chi connectivity index (χ0n) is 10.5. The first-order valence-electron chi connectivity index (χ1n) is 5.69. The first kappa shape index (κ1) is 14.2. The normalized spacial score (nSPS) is 10.1. The largest absolute Gasteiger partial charge is 0.508 e. The number of carboxylic acids is 1. The molecule has 2 rings (SSSR count). The minimum absolute atomic E-state index is 0.0880. The average Bonchev–Trinajstić information content (AvgIpc) is 2.37. The first-order valence-corrected chi connectivity index (χ1v) is 5.69. The van der Waals surface area contributed by atoms with Crippen LogP contribution in [0.3, 0.4) is 0 Å². The summed E-state index contributed by atoms with van der Waals surface area (Å²) < 4.78 is 4.90. The smallest absolute Gasteiger partial charge is 0.347 e. The number of carboxylic acid groups (broad SMARTS) is 1. The van der Waals surface area contributed by atoms with Crippen LogP contribution in [0.5, 0.6) is 23.0 Å². The molecule has 2 aromatic carbocycles. The fourth-order valence-corrected chi connectivity index (χ4v) is 1.61. The fraction of sp³-hybridized carbons (Fsp3) is 0. The molecule has 0 radical (unpaired) electrons. The molecule has 0 saturated heterocycles. The van der Waals surface area contributed by atoms with Gasteiger partial charge in [0.25, 0.3) is 0 Å². The number of rotatable bonds is 3. The summed E-state index contributed by atoms with van der Waals surface area (Å²) in [7, 11) is 0. The van der Waals surface area contributed by atoms with E-state index in [0.717, 1.165) is 18.2 Å². The molecule has 0 unspecified atom stereocenters. The Balaban J connectivity index is 2.23. The molecular weight excluding hydrogens is 280 g/mol. The number of phenols is 3. The maximum absolute atomic E-state index is 11.8. The minimum atomic E-state index is -1.32. The number of carbonyl (C=O) groups excluding carboxylic acids is 1. The highest BCUT2D eigenvalue weighted by Gasteiger charge is 2.16. The number of esters is 1. The predicted molar refractivity (Wildman–Crippen MR) is 69.8 cm³/mol. The topological polar surface area (TPSA) is 124 Å². The second-order valence-corrected chi connectivity index (χ2v) is 4.08. The summed E-state index contributed by atoms with van der Waals surface area (Å²) in [5, 5.41) is 36.9. The van der Waals surface area contributed by atoms with Crippen LogP contribution in [-0.4, -0.2) is 32.4 Å². The van der Waals surface area contributed by atoms with Crippen molar-refractivity contribution in [2.24, 2.45) is 0 Å². The van der Waals surface area contributed by atoms with Crippen LogP contribution >= 0.6 is 0 Å². The first-order chi connectivity index (χ1) is 9.88. The van der Waals surface area contributed by atoms with Crippen LogP contribution in [0.15, 0.2) is 36.4 Å². The second-order valence-electron chi connectivity index (χ2n) is 4.08. The molecule has 0 aliphatic rings. The lowest BCUT2D eigenvalue weighted by atomic mass is 10.2. The van der Waals surface area contributed by atoms with Gasteiger partial charge >= 0.3 is 11.9 Å². The molecule has 0 atom stereocenters. The number of benzene rings is 2. The van der Waals surface area contributed by atoms with E-state index >= 15 is 0 Å². The molecule has 0 spiro atoms. The van der Waals surface area contributed by atoms with Crippen molar-refractivity contribution in [1.29, 1.82) is 0 Å². The standard InChI is InChI=1S/C14H10O7/c15-7-1-3-10(11(16)5-7)14(20)21-8-2-4-9(13(18)19)12(17)6-8/h1-6,15-17H,(H,18,19). The van der Waals surface area contributed by atoms with E-state index < -0.39 is 23.4 Å². The van der Waals surface area contributed by atoms with Gasteiger partial charge in [0.05, 0.1) is 0 Å². The van der Waals surface area contributed by atoms with Gasteiger partial charge in [0.2, 0.25) is 0 Å². The van der Waals surface area contributed by atoms with Crippen LogP contribution in [0.25, 0.3) is 0 Å². The van der Waals surface area contributed by atoms with Crippen molar-refractivity contribution in [1.82, 2.24) is 0 Å². The number of aromatic carboxylic acids is 1.